The summed E-state index contributed by atoms with van der Waals surface area (Å²) in [6, 6.07) is 12.9. The van der Waals surface area contributed by atoms with Crippen molar-refractivity contribution in [2.75, 3.05) is 11.9 Å². The predicted octanol–water partition coefficient (Wildman–Crippen LogP) is 6.84. The molecule has 0 bridgehead atoms. The number of benzene rings is 2. The Balaban J connectivity index is 1.95. The standard InChI is InChI=1S/C23H30BrNO3/c1-4-6-7-8-14-27-22-13-12-18(15-21(22)24)23(26)25-19-10-9-11-20(16-19)28-17(3)5-2/h9-13,15-17H,4-8,14H2,1-3H3,(H,25,26). The molecule has 0 aromatic heterocycles. The van der Waals surface area contributed by atoms with Crippen LogP contribution in [0.2, 0.25) is 0 Å². The van der Waals surface area contributed by atoms with E-state index in [0.29, 0.717) is 17.9 Å². The van der Waals surface area contributed by atoms with E-state index < -0.39 is 0 Å². The lowest BCUT2D eigenvalue weighted by molar-refractivity contribution is 0.102. The molecule has 2 aromatic rings. The SMILES string of the molecule is CCCCCCOc1ccc(C(=O)Nc2cccc(OC(C)CC)c2)cc1Br. The number of rotatable bonds is 11. The van der Waals surface area contributed by atoms with Crippen LogP contribution in [-0.4, -0.2) is 18.6 Å². The molecule has 0 radical (unpaired) electrons. The van der Waals surface area contributed by atoms with Crippen LogP contribution in [0.15, 0.2) is 46.9 Å². The first-order valence-electron chi connectivity index (χ1n) is 10.0. The molecular formula is C23H30BrNO3. The maximum Gasteiger partial charge on any atom is 0.255 e. The van der Waals surface area contributed by atoms with Crippen molar-refractivity contribution in [3.05, 3.63) is 52.5 Å². The van der Waals surface area contributed by atoms with Crippen LogP contribution >= 0.6 is 15.9 Å². The van der Waals surface area contributed by atoms with E-state index in [4.69, 9.17) is 9.47 Å². The molecule has 1 N–H and O–H groups in total. The summed E-state index contributed by atoms with van der Waals surface area (Å²) in [6.45, 7) is 6.98. The van der Waals surface area contributed by atoms with Crippen molar-refractivity contribution in [2.24, 2.45) is 0 Å². The minimum Gasteiger partial charge on any atom is -0.492 e. The number of hydrogen-bond donors (Lipinski definition) is 1. The van der Waals surface area contributed by atoms with E-state index in [1.807, 2.05) is 37.3 Å². The summed E-state index contributed by atoms with van der Waals surface area (Å²) in [5, 5.41) is 2.92. The van der Waals surface area contributed by atoms with Crippen molar-refractivity contribution in [3.63, 3.8) is 0 Å². The second-order valence-corrected chi connectivity index (χ2v) is 7.73. The number of carbonyl (C=O) groups excluding carboxylic acids is 1. The van der Waals surface area contributed by atoms with Crippen molar-refractivity contribution in [1.29, 1.82) is 0 Å². The van der Waals surface area contributed by atoms with Crippen LogP contribution in [0.4, 0.5) is 5.69 Å². The fourth-order valence-electron chi connectivity index (χ4n) is 2.64. The van der Waals surface area contributed by atoms with Crippen LogP contribution in [0.3, 0.4) is 0 Å². The molecule has 5 heteroatoms. The second kappa shape index (κ2) is 11.7. The van der Waals surface area contributed by atoms with Gasteiger partial charge in [-0.3, -0.25) is 4.79 Å². The molecule has 1 unspecified atom stereocenters. The highest BCUT2D eigenvalue weighted by molar-refractivity contribution is 9.10. The lowest BCUT2D eigenvalue weighted by atomic mass is 10.2. The molecule has 4 nitrogen and oxygen atoms in total. The number of nitrogens with one attached hydrogen (secondary N) is 1. The fourth-order valence-corrected chi connectivity index (χ4v) is 3.13. The zero-order valence-corrected chi connectivity index (χ0v) is 18.6. The van der Waals surface area contributed by atoms with Gasteiger partial charge in [0.05, 0.1) is 17.2 Å². The van der Waals surface area contributed by atoms with Crippen LogP contribution in [0.5, 0.6) is 11.5 Å². The molecule has 0 saturated carbocycles. The van der Waals surface area contributed by atoms with E-state index in [1.165, 1.54) is 19.3 Å². The maximum absolute atomic E-state index is 12.6. The molecule has 0 aliphatic carbocycles. The zero-order valence-electron chi connectivity index (χ0n) is 17.0. The molecule has 1 amide bonds. The van der Waals surface area contributed by atoms with Crippen LogP contribution in [0, 0.1) is 0 Å². The van der Waals surface area contributed by atoms with Gasteiger partial charge in [-0.15, -0.1) is 0 Å². The number of anilines is 1. The summed E-state index contributed by atoms with van der Waals surface area (Å²) in [5.41, 5.74) is 1.27. The van der Waals surface area contributed by atoms with Crippen LogP contribution in [0.1, 0.15) is 63.2 Å². The highest BCUT2D eigenvalue weighted by Gasteiger charge is 2.11. The molecule has 0 saturated heterocycles. The molecule has 1 atom stereocenters. The van der Waals surface area contributed by atoms with Gasteiger partial charge in [0, 0.05) is 17.3 Å². The Labute approximate surface area is 176 Å². The number of amides is 1. The van der Waals surface area contributed by atoms with Gasteiger partial charge in [-0.25, -0.2) is 0 Å². The van der Waals surface area contributed by atoms with Crippen LogP contribution in [-0.2, 0) is 0 Å². The summed E-state index contributed by atoms with van der Waals surface area (Å²) in [4.78, 5) is 12.6. The van der Waals surface area contributed by atoms with Crippen molar-refractivity contribution >= 4 is 27.5 Å². The van der Waals surface area contributed by atoms with Gasteiger partial charge in [-0.1, -0.05) is 39.2 Å². The topological polar surface area (TPSA) is 47.6 Å². The third-order valence-electron chi connectivity index (χ3n) is 4.45. The van der Waals surface area contributed by atoms with Gasteiger partial charge >= 0.3 is 0 Å². The summed E-state index contributed by atoms with van der Waals surface area (Å²) in [5.74, 6) is 1.34. The monoisotopic (exact) mass is 447 g/mol. The maximum atomic E-state index is 12.6. The Morgan fingerprint density at radius 1 is 1.11 bits per heavy atom. The van der Waals surface area contributed by atoms with Crippen LogP contribution in [0.25, 0.3) is 0 Å². The third kappa shape index (κ3) is 7.19. The molecule has 0 aliphatic rings. The number of ether oxygens (including phenoxy) is 2. The lowest BCUT2D eigenvalue weighted by Crippen LogP contribution is -2.13. The van der Waals surface area contributed by atoms with Gasteiger partial charge in [0.2, 0.25) is 0 Å². The molecule has 0 spiro atoms. The highest BCUT2D eigenvalue weighted by Crippen LogP contribution is 2.27. The fraction of sp³-hybridized carbons (Fsp3) is 0.435. The average molecular weight is 448 g/mol. The summed E-state index contributed by atoms with van der Waals surface area (Å²) >= 11 is 3.51. The molecule has 0 heterocycles. The Hall–Kier alpha value is -2.01. The number of unbranched alkanes of at least 4 members (excludes halogenated alkanes) is 3. The number of halogens is 1. The largest absolute Gasteiger partial charge is 0.492 e. The Kier molecular flexibility index (Phi) is 9.35. The number of hydrogen-bond acceptors (Lipinski definition) is 3. The second-order valence-electron chi connectivity index (χ2n) is 6.87. The summed E-state index contributed by atoms with van der Waals surface area (Å²) in [7, 11) is 0. The van der Waals surface area contributed by atoms with E-state index in [-0.39, 0.29) is 12.0 Å². The lowest BCUT2D eigenvalue weighted by Gasteiger charge is -2.14. The number of carbonyl (C=O) groups is 1. The van der Waals surface area contributed by atoms with Gasteiger partial charge in [-0.05, 0) is 66.0 Å². The molecule has 0 aliphatic heterocycles. The average Bonchev–Trinajstić information content (AvgIpc) is 2.69. The van der Waals surface area contributed by atoms with Crippen molar-refractivity contribution < 1.29 is 14.3 Å². The van der Waals surface area contributed by atoms with Gasteiger partial charge in [0.15, 0.2) is 0 Å². The molecule has 2 aromatic carbocycles. The molecule has 152 valence electrons. The quantitative estimate of drug-likeness (QED) is 0.383. The zero-order chi connectivity index (χ0) is 20.4. The molecule has 2 rings (SSSR count). The Morgan fingerprint density at radius 2 is 1.93 bits per heavy atom. The van der Waals surface area contributed by atoms with Gasteiger partial charge in [0.25, 0.3) is 5.91 Å². The van der Waals surface area contributed by atoms with Crippen LogP contribution < -0.4 is 14.8 Å². The third-order valence-corrected chi connectivity index (χ3v) is 5.07. The first-order chi connectivity index (χ1) is 13.5. The predicted molar refractivity (Wildman–Crippen MR) is 119 cm³/mol. The van der Waals surface area contributed by atoms with E-state index in [1.54, 1.807) is 12.1 Å². The molecular weight excluding hydrogens is 418 g/mol. The van der Waals surface area contributed by atoms with E-state index >= 15 is 0 Å². The van der Waals surface area contributed by atoms with E-state index in [9.17, 15) is 4.79 Å². The Morgan fingerprint density at radius 3 is 2.64 bits per heavy atom. The van der Waals surface area contributed by atoms with E-state index in [0.717, 1.165) is 28.8 Å². The van der Waals surface area contributed by atoms with Crippen molar-refractivity contribution in [2.45, 2.75) is 59.0 Å². The summed E-state index contributed by atoms with van der Waals surface area (Å²) in [6.07, 6.45) is 5.72. The van der Waals surface area contributed by atoms with Gasteiger partial charge < -0.3 is 14.8 Å². The smallest absolute Gasteiger partial charge is 0.255 e. The molecule has 28 heavy (non-hydrogen) atoms. The first-order valence-corrected chi connectivity index (χ1v) is 10.8. The summed E-state index contributed by atoms with van der Waals surface area (Å²) < 4.78 is 12.4. The van der Waals surface area contributed by atoms with E-state index in [2.05, 4.69) is 35.1 Å². The minimum absolute atomic E-state index is 0.136. The van der Waals surface area contributed by atoms with Gasteiger partial charge in [0.1, 0.15) is 11.5 Å². The first kappa shape index (κ1) is 22.3. The van der Waals surface area contributed by atoms with Crippen molar-refractivity contribution in [3.8, 4) is 11.5 Å². The van der Waals surface area contributed by atoms with Gasteiger partial charge in [-0.2, -0.15) is 0 Å². The van der Waals surface area contributed by atoms with Crippen molar-refractivity contribution in [1.82, 2.24) is 0 Å². The normalized spacial score (nSPS) is 11.7. The Bertz CT molecular complexity index is 763. The highest BCUT2D eigenvalue weighted by atomic mass is 79.9. The minimum atomic E-state index is -0.170. The molecule has 0 fully saturated rings.